The van der Waals surface area contributed by atoms with Crippen LogP contribution in [-0.2, 0) is 4.74 Å². The number of ether oxygens (including phenoxy) is 2. The van der Waals surface area contributed by atoms with Crippen LogP contribution in [0.5, 0.6) is 10.8 Å². The van der Waals surface area contributed by atoms with Gasteiger partial charge in [0.05, 0.1) is 7.11 Å². The number of aromatic hydroxyl groups is 1. The first kappa shape index (κ1) is 26.8. The molecular weight excluding hydrogens is 472 g/mol. The Morgan fingerprint density at radius 1 is 1.32 bits per heavy atom. The number of carbonyl (C=O) groups excluding carboxylic acids is 2. The fourth-order valence-electron chi connectivity index (χ4n) is 2.82. The van der Waals surface area contributed by atoms with Crippen LogP contribution in [0.3, 0.4) is 0 Å². The molecule has 0 aliphatic rings. The Morgan fingerprint density at radius 3 is 2.71 bits per heavy atom. The molecule has 2 heterocycles. The minimum absolute atomic E-state index is 0.147. The van der Waals surface area contributed by atoms with Crippen LogP contribution >= 0.6 is 11.3 Å². The zero-order valence-corrected chi connectivity index (χ0v) is 19.6. The molecular formula is C23H25F2NO7S. The molecule has 0 saturated carbocycles. The van der Waals surface area contributed by atoms with Crippen molar-refractivity contribution in [1.82, 2.24) is 5.32 Å². The SMILES string of the molecule is COC(=O)N/C=C/CCC(C)c1cc(O)c(C(=O)/C(C)=C/c2ccc(OCC(F)F)s2)c(=O)o1. The van der Waals surface area contributed by atoms with Gasteiger partial charge in [-0.1, -0.05) is 24.3 Å². The molecule has 184 valence electrons. The lowest BCUT2D eigenvalue weighted by Crippen LogP contribution is -2.16. The fourth-order valence-corrected chi connectivity index (χ4v) is 3.69. The van der Waals surface area contributed by atoms with Crippen molar-refractivity contribution in [3.63, 3.8) is 0 Å². The molecule has 0 aromatic carbocycles. The van der Waals surface area contributed by atoms with Gasteiger partial charge in [-0.05, 0) is 43.5 Å². The Kier molecular flexibility index (Phi) is 9.99. The number of amides is 1. The van der Waals surface area contributed by atoms with Crippen molar-refractivity contribution in [2.24, 2.45) is 0 Å². The predicted octanol–water partition coefficient (Wildman–Crippen LogP) is 5.09. The molecule has 1 atom stereocenters. The van der Waals surface area contributed by atoms with Crippen molar-refractivity contribution in [2.45, 2.75) is 39.0 Å². The van der Waals surface area contributed by atoms with E-state index in [2.05, 4.69) is 10.1 Å². The molecule has 2 rings (SSSR count). The number of hydrogen-bond acceptors (Lipinski definition) is 8. The van der Waals surface area contributed by atoms with Crippen molar-refractivity contribution in [1.29, 1.82) is 0 Å². The van der Waals surface area contributed by atoms with Crippen molar-refractivity contribution in [2.75, 3.05) is 13.7 Å². The highest BCUT2D eigenvalue weighted by Crippen LogP contribution is 2.29. The maximum Gasteiger partial charge on any atom is 0.410 e. The standard InChI is InChI=1S/C23H25F2NO7S/c1-13(6-4-5-9-26-23(30)31-3)17-11-16(27)20(22(29)33-17)21(28)14(2)10-15-7-8-19(34-15)32-12-18(24)25/h5,7-11,13,18,27H,4,6,12H2,1-3H3,(H,26,30)/b9-5+,14-10+. The lowest BCUT2D eigenvalue weighted by atomic mass is 10.00. The van der Waals surface area contributed by atoms with Gasteiger partial charge in [-0.15, -0.1) is 0 Å². The Hall–Kier alpha value is -3.47. The van der Waals surface area contributed by atoms with Gasteiger partial charge in [0.1, 0.15) is 23.7 Å². The number of thiophene rings is 1. The van der Waals surface area contributed by atoms with E-state index in [0.717, 1.165) is 11.3 Å². The van der Waals surface area contributed by atoms with Crippen LogP contribution in [0, 0.1) is 0 Å². The van der Waals surface area contributed by atoms with Crippen LogP contribution in [0.4, 0.5) is 13.6 Å². The number of nitrogens with one attached hydrogen (secondary N) is 1. The Bertz CT molecular complexity index is 1120. The number of rotatable bonds is 11. The zero-order valence-electron chi connectivity index (χ0n) is 18.8. The molecule has 0 aliphatic heterocycles. The van der Waals surface area contributed by atoms with Crippen LogP contribution in [0.2, 0.25) is 0 Å². The second-order valence-electron chi connectivity index (χ2n) is 7.23. The summed E-state index contributed by atoms with van der Waals surface area (Å²) in [5.41, 5.74) is -1.30. The number of alkyl carbamates (subject to hydrolysis) is 1. The summed E-state index contributed by atoms with van der Waals surface area (Å²) in [7, 11) is 1.25. The molecule has 0 fully saturated rings. The Labute approximate surface area is 198 Å². The molecule has 1 amide bonds. The fraction of sp³-hybridized carbons (Fsp3) is 0.348. The maximum atomic E-state index is 12.7. The molecule has 8 nitrogen and oxygen atoms in total. The number of carbonyl (C=O) groups is 2. The van der Waals surface area contributed by atoms with E-state index < -0.39 is 41.8 Å². The summed E-state index contributed by atoms with van der Waals surface area (Å²) in [6, 6.07) is 4.33. The van der Waals surface area contributed by atoms with E-state index in [-0.39, 0.29) is 22.3 Å². The van der Waals surface area contributed by atoms with Crippen molar-refractivity contribution >= 4 is 29.3 Å². The highest BCUT2D eigenvalue weighted by atomic mass is 32.1. The smallest absolute Gasteiger partial charge is 0.410 e. The minimum atomic E-state index is -2.60. The van der Waals surface area contributed by atoms with E-state index in [4.69, 9.17) is 9.15 Å². The average Bonchev–Trinajstić information content (AvgIpc) is 3.23. The van der Waals surface area contributed by atoms with Gasteiger partial charge in [0.2, 0.25) is 0 Å². The Morgan fingerprint density at radius 2 is 2.06 bits per heavy atom. The van der Waals surface area contributed by atoms with E-state index in [9.17, 15) is 28.3 Å². The van der Waals surface area contributed by atoms with E-state index >= 15 is 0 Å². The third kappa shape index (κ3) is 7.84. The van der Waals surface area contributed by atoms with E-state index in [1.54, 1.807) is 19.1 Å². The van der Waals surface area contributed by atoms with E-state index in [1.807, 2.05) is 0 Å². The highest BCUT2D eigenvalue weighted by Gasteiger charge is 2.22. The van der Waals surface area contributed by atoms with Gasteiger partial charge in [-0.3, -0.25) is 10.1 Å². The van der Waals surface area contributed by atoms with Crippen molar-refractivity contribution in [3.8, 4) is 10.8 Å². The van der Waals surface area contributed by atoms with Gasteiger partial charge >= 0.3 is 11.7 Å². The lowest BCUT2D eigenvalue weighted by molar-refractivity contribution is 0.0838. The Balaban J connectivity index is 2.08. The maximum absolute atomic E-state index is 12.7. The number of allylic oxidation sites excluding steroid dienone is 2. The highest BCUT2D eigenvalue weighted by molar-refractivity contribution is 7.14. The van der Waals surface area contributed by atoms with Gasteiger partial charge in [-0.25, -0.2) is 18.4 Å². The van der Waals surface area contributed by atoms with Gasteiger partial charge < -0.3 is 19.0 Å². The normalized spacial score (nSPS) is 12.7. The monoisotopic (exact) mass is 497 g/mol. The lowest BCUT2D eigenvalue weighted by Gasteiger charge is -2.11. The van der Waals surface area contributed by atoms with Crippen LogP contribution in [0.15, 0.2) is 45.3 Å². The van der Waals surface area contributed by atoms with Gasteiger partial charge in [0.15, 0.2) is 10.8 Å². The summed E-state index contributed by atoms with van der Waals surface area (Å²) < 4.78 is 39.1. The van der Waals surface area contributed by atoms with Gasteiger partial charge in [0.25, 0.3) is 6.43 Å². The average molecular weight is 498 g/mol. The second kappa shape index (κ2) is 12.7. The number of ketones is 1. The third-order valence-corrected chi connectivity index (χ3v) is 5.55. The largest absolute Gasteiger partial charge is 0.507 e. The van der Waals surface area contributed by atoms with Gasteiger partial charge in [0, 0.05) is 23.1 Å². The first-order valence-electron chi connectivity index (χ1n) is 10.2. The first-order valence-corrected chi connectivity index (χ1v) is 11.0. The van der Waals surface area contributed by atoms with Crippen LogP contribution in [-0.4, -0.2) is 37.1 Å². The molecule has 2 N–H and O–H groups in total. The summed E-state index contributed by atoms with van der Waals surface area (Å²) in [4.78, 5) is 36.7. The van der Waals surface area contributed by atoms with Crippen molar-refractivity contribution < 1.29 is 37.4 Å². The third-order valence-electron chi connectivity index (χ3n) is 4.60. The number of hydrogen-bond donors (Lipinski definition) is 2. The van der Waals surface area contributed by atoms with Crippen molar-refractivity contribution in [3.05, 3.63) is 62.7 Å². The molecule has 0 aliphatic carbocycles. The predicted molar refractivity (Wildman–Crippen MR) is 123 cm³/mol. The molecule has 0 bridgehead atoms. The van der Waals surface area contributed by atoms with Gasteiger partial charge in [-0.2, -0.15) is 0 Å². The number of halogens is 2. The van der Waals surface area contributed by atoms with Crippen LogP contribution < -0.4 is 15.7 Å². The van der Waals surface area contributed by atoms with Crippen LogP contribution in [0.25, 0.3) is 6.08 Å². The topological polar surface area (TPSA) is 115 Å². The quantitative estimate of drug-likeness (QED) is 0.328. The summed E-state index contributed by atoms with van der Waals surface area (Å²) in [5.74, 6) is -1.24. The first-order chi connectivity index (χ1) is 16.1. The molecule has 0 saturated heterocycles. The van der Waals surface area contributed by atoms with E-state index in [1.165, 1.54) is 38.4 Å². The molecule has 11 heteroatoms. The number of alkyl halides is 2. The number of methoxy groups -OCH3 is 1. The molecule has 1 unspecified atom stereocenters. The number of Topliss-reactive ketones (excluding diaryl/α,β-unsaturated/α-hetero) is 1. The van der Waals surface area contributed by atoms with E-state index in [0.29, 0.717) is 17.7 Å². The summed E-state index contributed by atoms with van der Waals surface area (Å²) >= 11 is 1.06. The molecule has 34 heavy (non-hydrogen) atoms. The summed E-state index contributed by atoms with van der Waals surface area (Å²) in [6.07, 6.45) is 2.49. The molecule has 0 radical (unpaired) electrons. The minimum Gasteiger partial charge on any atom is -0.507 e. The molecule has 2 aromatic heterocycles. The molecule has 0 spiro atoms. The summed E-state index contributed by atoms with van der Waals surface area (Å²) in [5, 5.41) is 13.0. The summed E-state index contributed by atoms with van der Waals surface area (Å²) in [6.45, 7) is 2.52. The second-order valence-corrected chi connectivity index (χ2v) is 8.31. The molecule has 2 aromatic rings. The zero-order chi connectivity index (χ0) is 25.3. The van der Waals surface area contributed by atoms with Crippen LogP contribution in [0.1, 0.15) is 53.6 Å².